The van der Waals surface area contributed by atoms with Gasteiger partial charge in [0.15, 0.2) is 0 Å². The Labute approximate surface area is 638 Å². The van der Waals surface area contributed by atoms with Gasteiger partial charge in [0.05, 0.1) is 35.4 Å². The first kappa shape index (κ1) is 71.3. The quantitative estimate of drug-likeness (QED) is 0.0373. The van der Waals surface area contributed by atoms with E-state index in [2.05, 4.69) is 122 Å². The van der Waals surface area contributed by atoms with Crippen molar-refractivity contribution in [2.45, 2.75) is 24.7 Å². The van der Waals surface area contributed by atoms with E-state index in [1.807, 2.05) is 194 Å². The zero-order valence-electron chi connectivity index (χ0n) is 60.7. The van der Waals surface area contributed by atoms with Crippen molar-refractivity contribution in [3.63, 3.8) is 0 Å². The highest BCUT2D eigenvalue weighted by Crippen LogP contribution is 2.60. The lowest BCUT2D eigenvalue weighted by molar-refractivity contribution is 0.110. The number of anilines is 6. The average molecular weight is 1450 g/mol. The Morgan fingerprint density at radius 3 is 0.964 bits per heavy atom. The van der Waals surface area contributed by atoms with Crippen molar-refractivity contribution in [1.29, 1.82) is 0 Å². The molecule has 0 heterocycles. The molecule has 0 bridgehead atoms. The molecule has 2 aliphatic carbocycles. The minimum Gasteiger partial charge on any atom is -0.491 e. The van der Waals surface area contributed by atoms with Crippen LogP contribution in [0.2, 0.25) is 0 Å². The van der Waals surface area contributed by atoms with Gasteiger partial charge in [-0.1, -0.05) is 183 Å². The van der Waals surface area contributed by atoms with Crippen molar-refractivity contribution in [2.75, 3.05) is 49.4 Å². The van der Waals surface area contributed by atoms with Gasteiger partial charge in [-0.25, -0.2) is 17.6 Å². The van der Waals surface area contributed by atoms with Gasteiger partial charge in [0.1, 0.15) is 71.0 Å². The third-order valence-corrected chi connectivity index (χ3v) is 20.7. The summed E-state index contributed by atoms with van der Waals surface area (Å²) < 4.78 is 100. The Bertz CT molecular complexity index is 5310. The monoisotopic (exact) mass is 1450 g/mol. The third kappa shape index (κ3) is 13.5. The first-order valence-electron chi connectivity index (χ1n) is 36.8. The summed E-state index contributed by atoms with van der Waals surface area (Å²) in [4.78, 5) is 3.64. The Morgan fingerprint density at radius 2 is 0.627 bits per heavy atom. The summed E-state index contributed by atoms with van der Waals surface area (Å²) >= 11 is 0. The molecule has 0 aliphatic heterocycles. The Morgan fingerprint density at radius 1 is 0.309 bits per heavy atom. The molecule has 8 nitrogen and oxygen atoms in total. The Balaban J connectivity index is 0.775. The molecule has 0 saturated carbocycles. The summed E-state index contributed by atoms with van der Waals surface area (Å²) in [6.07, 6.45) is 3.58. The van der Waals surface area contributed by atoms with E-state index in [1.54, 1.807) is 12.2 Å². The number of fused-ring (bicyclic) bond motifs is 6. The zero-order chi connectivity index (χ0) is 75.3. The highest BCUT2D eigenvalue weighted by Gasteiger charge is 2.48. The topological polar surface area (TPSA) is 61.9 Å². The van der Waals surface area contributed by atoms with Gasteiger partial charge in [-0.05, 0) is 248 Å². The highest BCUT2D eigenvalue weighted by molar-refractivity contribution is 5.92. The Kier molecular flexibility index (Phi) is 20.1. The van der Waals surface area contributed by atoms with Crippen LogP contribution in [0.1, 0.15) is 69.5 Å². The van der Waals surface area contributed by atoms with Crippen LogP contribution in [0.25, 0.3) is 45.5 Å². The molecule has 110 heavy (non-hydrogen) atoms. The molecule has 16 rings (SSSR count). The van der Waals surface area contributed by atoms with Gasteiger partial charge in [0.25, 0.3) is 0 Å². The third-order valence-electron chi connectivity index (χ3n) is 20.7. The Hall–Kier alpha value is -13.0. The van der Waals surface area contributed by atoms with Gasteiger partial charge in [-0.2, -0.15) is 0 Å². The lowest BCUT2D eigenvalue weighted by atomic mass is 9.67. The molecule has 0 aromatic heterocycles. The summed E-state index contributed by atoms with van der Waals surface area (Å²) in [6.45, 7) is 14.6. The van der Waals surface area contributed by atoms with Crippen molar-refractivity contribution in [3.05, 3.63) is 408 Å². The van der Waals surface area contributed by atoms with E-state index in [9.17, 15) is 0 Å². The molecule has 2 atom stereocenters. The second kappa shape index (κ2) is 31.1. The van der Waals surface area contributed by atoms with Gasteiger partial charge in [-0.15, -0.1) is 0 Å². The number of nitrogens with zero attached hydrogens (tertiary/aromatic N) is 2. The normalized spacial score (nSPS) is 14.3. The molecule has 0 amide bonds. The van der Waals surface area contributed by atoms with Crippen LogP contribution < -0.4 is 28.7 Å². The lowest BCUT2D eigenvalue weighted by Crippen LogP contribution is -2.29. The summed E-state index contributed by atoms with van der Waals surface area (Å²) in [5.41, 5.74) is 16.2. The first-order chi connectivity index (χ1) is 53.9. The van der Waals surface area contributed by atoms with Gasteiger partial charge in [-0.3, -0.25) is 0 Å². The van der Waals surface area contributed by atoms with Crippen LogP contribution in [0, 0.1) is 23.3 Å². The van der Waals surface area contributed by atoms with Gasteiger partial charge in [0.2, 0.25) is 0 Å². The number of hydrogen-bond acceptors (Lipinski definition) is 8. The molecule has 12 heteroatoms. The van der Waals surface area contributed by atoms with E-state index in [-0.39, 0.29) is 11.4 Å². The van der Waals surface area contributed by atoms with E-state index < -0.39 is 34.1 Å². The van der Waals surface area contributed by atoms with Gasteiger partial charge < -0.3 is 38.2 Å². The van der Waals surface area contributed by atoms with Crippen molar-refractivity contribution in [3.8, 4) is 67.9 Å². The minimum atomic E-state index is -0.940. The fraction of sp³-hybridized carbons (Fsp3) is 0.102. The summed E-state index contributed by atoms with van der Waals surface area (Å²) in [5, 5.41) is 0. The van der Waals surface area contributed by atoms with Crippen LogP contribution >= 0.6 is 0 Å². The minimum absolute atomic E-state index is 0.132. The standard InChI is InChI=1S/C98H76F4N2O6/c1-5-65-17-41-81(42-18-65)109-83-49-29-71(30-50-83)97(69-25-45-79(46-26-69)107-59-57-105-7-3)89-15-11-9-13-85(89)87-53-39-77(63-91(87)97)103(95-55-33-73(99)61-93(95)101)75-35-21-67(22-36-75)68-23-37-76(38-24-68)104(96-56-34-74(100)62-94(96)102)78-40-54-88-86-14-10-12-16-90(86)98(92(88)64-78,70-27-47-80(48-28-70)108-60-58-106-8-4)72-31-51-84(52-32-72)110-82-43-19-66(6-2)20-44-82/h5-6,9-56,61-64H,1-2,7-8,57-60H2,3-4H3. The van der Waals surface area contributed by atoms with Gasteiger partial charge in [0, 0.05) is 48.1 Å². The molecule has 0 spiro atoms. The number of halogens is 4. The largest absolute Gasteiger partial charge is 0.491 e. The predicted octanol–water partition coefficient (Wildman–Crippen LogP) is 25.3. The molecule has 0 N–H and O–H groups in total. The van der Waals surface area contributed by atoms with Crippen molar-refractivity contribution >= 4 is 46.3 Å². The van der Waals surface area contributed by atoms with Crippen LogP contribution in [0.4, 0.5) is 51.7 Å². The van der Waals surface area contributed by atoms with E-state index in [0.29, 0.717) is 96.9 Å². The van der Waals surface area contributed by atoms with E-state index >= 15 is 17.6 Å². The van der Waals surface area contributed by atoms with Crippen LogP contribution in [0.15, 0.2) is 329 Å². The molecule has 0 fully saturated rings. The second-order valence-corrected chi connectivity index (χ2v) is 26.9. The average Bonchev–Trinajstić information content (AvgIpc) is 1.54. The molecule has 0 saturated heterocycles. The van der Waals surface area contributed by atoms with Crippen LogP contribution in [0.5, 0.6) is 34.5 Å². The first-order valence-corrected chi connectivity index (χ1v) is 36.8. The predicted molar refractivity (Wildman–Crippen MR) is 433 cm³/mol. The fourth-order valence-corrected chi connectivity index (χ4v) is 15.7. The van der Waals surface area contributed by atoms with E-state index in [0.717, 1.165) is 101 Å². The molecule has 0 radical (unpaired) electrons. The van der Waals surface area contributed by atoms with Crippen LogP contribution in [0.3, 0.4) is 0 Å². The number of hydrogen-bond donors (Lipinski definition) is 0. The number of ether oxygens (including phenoxy) is 6. The molecule has 14 aromatic rings. The number of benzene rings is 14. The molecular formula is C98H76F4N2O6. The zero-order valence-corrected chi connectivity index (χ0v) is 60.7. The summed E-state index contributed by atoms with van der Waals surface area (Å²) in [5.74, 6) is 1.11. The molecule has 14 aromatic carbocycles. The molecule has 2 unspecified atom stereocenters. The van der Waals surface area contributed by atoms with Crippen LogP contribution in [-0.2, 0) is 20.3 Å². The maximum absolute atomic E-state index is 16.9. The van der Waals surface area contributed by atoms with E-state index in [4.69, 9.17) is 28.4 Å². The SMILES string of the molecule is C=Cc1ccc(Oc2ccc(C3(c4ccc(OCCOCC)cc4)c4ccccc4-c4ccc(N(c5ccc(-c6ccc(N(c7ccc8c(c7)C(c7ccc(OCCOCC)cc7)(c7ccc(Oc9ccc(C=C)cc9)cc7)c7ccccc7-8)c7ccc(F)cc7F)cc6)cc5)c5ccc(F)cc5F)cc43)cc2)cc1. The lowest BCUT2D eigenvalue weighted by Gasteiger charge is -2.35. The van der Waals surface area contributed by atoms with E-state index in [1.165, 1.54) is 24.3 Å². The maximum atomic E-state index is 16.9. The molecule has 542 valence electrons. The molecule has 2 aliphatic rings. The highest BCUT2D eigenvalue weighted by atomic mass is 19.1. The molecular weight excluding hydrogens is 1380 g/mol. The van der Waals surface area contributed by atoms with Crippen molar-refractivity contribution in [2.24, 2.45) is 0 Å². The smallest absolute Gasteiger partial charge is 0.150 e. The van der Waals surface area contributed by atoms with Crippen LogP contribution in [-0.4, -0.2) is 39.6 Å². The second-order valence-electron chi connectivity index (χ2n) is 26.9. The summed E-state index contributed by atoms with van der Waals surface area (Å²) in [7, 11) is 0. The van der Waals surface area contributed by atoms with Crippen molar-refractivity contribution in [1.82, 2.24) is 0 Å². The number of rotatable bonds is 27. The summed E-state index contributed by atoms with van der Waals surface area (Å²) in [6, 6.07) is 100. The fourth-order valence-electron chi connectivity index (χ4n) is 15.7. The maximum Gasteiger partial charge on any atom is 0.150 e. The van der Waals surface area contributed by atoms with Crippen molar-refractivity contribution < 1.29 is 46.0 Å². The van der Waals surface area contributed by atoms with Gasteiger partial charge >= 0.3 is 0 Å².